The number of aliphatic hydroxyl groups is 2. The maximum absolute atomic E-state index is 10.2. The van der Waals surface area contributed by atoms with Crippen molar-refractivity contribution in [3.8, 4) is 22.9 Å². The van der Waals surface area contributed by atoms with Crippen molar-refractivity contribution in [2.75, 3.05) is 11.5 Å². The molecule has 0 saturated heterocycles. The first-order chi connectivity index (χ1) is 20.1. The average Bonchev–Trinajstić information content (AvgIpc) is 3.53. The number of anilines is 2. The van der Waals surface area contributed by atoms with Gasteiger partial charge < -0.3 is 30.5 Å². The minimum Gasteiger partial charge on any atom is -0.434 e. The summed E-state index contributed by atoms with van der Waals surface area (Å²) in [6.45, 7) is 8.54. The van der Waals surface area contributed by atoms with E-state index in [1.807, 2.05) is 61.5 Å². The topological polar surface area (TPSA) is 145 Å². The second kappa shape index (κ2) is 11.2. The van der Waals surface area contributed by atoms with E-state index in [0.29, 0.717) is 66.5 Å². The summed E-state index contributed by atoms with van der Waals surface area (Å²) in [7, 11) is 0. The van der Waals surface area contributed by atoms with Crippen LogP contribution >= 0.6 is 23.2 Å². The van der Waals surface area contributed by atoms with Crippen LogP contribution in [0.2, 0.25) is 10.0 Å². The maximum Gasteiger partial charge on any atom is 0.227 e. The van der Waals surface area contributed by atoms with Crippen molar-refractivity contribution in [1.82, 2.24) is 9.97 Å². The van der Waals surface area contributed by atoms with Crippen LogP contribution in [0.3, 0.4) is 0 Å². The molecule has 0 aliphatic rings. The minimum atomic E-state index is -1.16. The number of nitrogens with zero attached hydrogens (tertiary/aromatic N) is 2. The Bertz CT molecular complexity index is 1940. The summed E-state index contributed by atoms with van der Waals surface area (Å²) in [5.41, 5.74) is 16.3. The Balaban J connectivity index is 0.000000171. The van der Waals surface area contributed by atoms with Crippen molar-refractivity contribution in [3.63, 3.8) is 0 Å². The molecule has 8 nitrogen and oxygen atoms in total. The van der Waals surface area contributed by atoms with Crippen molar-refractivity contribution in [1.29, 1.82) is 0 Å². The number of halogens is 2. The van der Waals surface area contributed by atoms with Crippen molar-refractivity contribution in [2.24, 2.45) is 0 Å². The molecule has 0 aliphatic heterocycles. The summed E-state index contributed by atoms with van der Waals surface area (Å²) in [5, 5.41) is 21.0. The second-order valence-corrected chi connectivity index (χ2v) is 12.2. The molecule has 0 fully saturated rings. The first-order valence-corrected chi connectivity index (χ1v) is 14.3. The molecule has 0 saturated carbocycles. The van der Waals surface area contributed by atoms with E-state index in [-0.39, 0.29) is 0 Å². The number of fused-ring (bicyclic) bond motifs is 2. The summed E-state index contributed by atoms with van der Waals surface area (Å²) >= 11 is 12.7. The van der Waals surface area contributed by atoms with Gasteiger partial charge >= 0.3 is 0 Å². The minimum absolute atomic E-state index is 0.298. The zero-order chi connectivity index (χ0) is 31.3. The van der Waals surface area contributed by atoms with E-state index in [1.165, 1.54) is 0 Å². The fourth-order valence-electron chi connectivity index (χ4n) is 4.86. The van der Waals surface area contributed by atoms with Crippen LogP contribution in [0.4, 0.5) is 11.4 Å². The highest BCUT2D eigenvalue weighted by Crippen LogP contribution is 2.41. The number of nitrogens with two attached hydrogens (primary N) is 2. The summed E-state index contributed by atoms with van der Waals surface area (Å²) in [6.07, 6.45) is 0. The molecule has 6 N–H and O–H groups in total. The zero-order valence-corrected chi connectivity index (χ0v) is 25.9. The Morgan fingerprint density at radius 1 is 0.651 bits per heavy atom. The smallest absolute Gasteiger partial charge is 0.227 e. The van der Waals surface area contributed by atoms with Crippen molar-refractivity contribution in [3.05, 3.63) is 93.5 Å². The molecule has 2 heterocycles. The van der Waals surface area contributed by atoms with Crippen molar-refractivity contribution < 1.29 is 19.0 Å². The van der Waals surface area contributed by atoms with Crippen LogP contribution < -0.4 is 11.5 Å². The molecule has 0 spiro atoms. The lowest BCUT2D eigenvalue weighted by Gasteiger charge is -2.21. The number of aromatic nitrogens is 2. The third-order valence-electron chi connectivity index (χ3n) is 6.85. The van der Waals surface area contributed by atoms with Gasteiger partial charge in [0.15, 0.2) is 11.2 Å². The van der Waals surface area contributed by atoms with Crippen molar-refractivity contribution in [2.45, 2.75) is 45.8 Å². The highest BCUT2D eigenvalue weighted by Gasteiger charge is 2.28. The van der Waals surface area contributed by atoms with Crippen LogP contribution in [0.15, 0.2) is 75.6 Å². The molecule has 4 aromatic carbocycles. The number of rotatable bonds is 4. The molecule has 6 rings (SSSR count). The van der Waals surface area contributed by atoms with Crippen LogP contribution in [0.5, 0.6) is 0 Å². The van der Waals surface area contributed by atoms with E-state index in [4.69, 9.17) is 43.5 Å². The second-order valence-electron chi connectivity index (χ2n) is 11.4. The van der Waals surface area contributed by atoms with E-state index in [2.05, 4.69) is 9.97 Å². The SMILES string of the molecule is CC(C)(O)c1c(N)cc2nc(-c3ccccc3)oc2c1Cl.Cc1ccc(-c2nc3cc(N)c(C(C)(C)O)c(Cl)c3o2)cc1. The first-order valence-electron chi connectivity index (χ1n) is 13.5. The molecule has 0 aliphatic carbocycles. The highest BCUT2D eigenvalue weighted by molar-refractivity contribution is 6.36. The molecule has 43 heavy (non-hydrogen) atoms. The molecule has 6 aromatic rings. The fraction of sp³-hybridized carbons (Fsp3) is 0.212. The van der Waals surface area contributed by atoms with E-state index in [9.17, 15) is 10.2 Å². The Morgan fingerprint density at radius 3 is 1.44 bits per heavy atom. The molecular weight excluding hydrogens is 587 g/mol. The average molecular weight is 620 g/mol. The molecule has 222 valence electrons. The van der Waals surface area contributed by atoms with Crippen molar-refractivity contribution >= 4 is 56.8 Å². The van der Waals surface area contributed by atoms with Gasteiger partial charge in [0.2, 0.25) is 11.8 Å². The van der Waals surface area contributed by atoms with Gasteiger partial charge in [-0.2, -0.15) is 0 Å². The van der Waals surface area contributed by atoms with E-state index < -0.39 is 11.2 Å². The van der Waals surface area contributed by atoms with Gasteiger partial charge in [-0.3, -0.25) is 0 Å². The Labute approximate surface area is 258 Å². The number of aryl methyl sites for hydroxylation is 1. The van der Waals surface area contributed by atoms with E-state index >= 15 is 0 Å². The quantitative estimate of drug-likeness (QED) is 0.145. The number of oxazole rings is 2. The summed E-state index contributed by atoms with van der Waals surface area (Å²) in [6, 6.07) is 20.7. The van der Waals surface area contributed by atoms with Gasteiger partial charge in [0.05, 0.1) is 21.2 Å². The lowest BCUT2D eigenvalue weighted by atomic mass is 9.96. The van der Waals surface area contributed by atoms with Gasteiger partial charge in [0, 0.05) is 33.6 Å². The Morgan fingerprint density at radius 2 is 1.05 bits per heavy atom. The molecule has 2 aromatic heterocycles. The predicted octanol–water partition coefficient (Wildman–Crippen LogP) is 8.22. The van der Waals surface area contributed by atoms with E-state index in [0.717, 1.165) is 16.7 Å². The number of benzene rings is 4. The standard InChI is InChI=1S/C17H17ClN2O2.C16H15ClN2O2/c1-9-4-6-10(7-5-9)16-20-12-8-11(19)13(17(2,3)21)14(18)15(12)22-16;1-16(2,20)12-10(18)8-11-14(13(12)17)21-15(19-11)9-6-4-3-5-7-9/h4-8,21H,19H2,1-3H3;3-8,20H,18H2,1-2H3. The van der Waals surface area contributed by atoms with Crippen LogP contribution in [0, 0.1) is 6.92 Å². The maximum atomic E-state index is 10.2. The highest BCUT2D eigenvalue weighted by atomic mass is 35.5. The third-order valence-corrected chi connectivity index (χ3v) is 7.57. The Kier molecular flexibility index (Phi) is 7.92. The molecule has 10 heteroatoms. The Hall–Kier alpha value is -4.08. The number of hydrogen-bond donors (Lipinski definition) is 4. The van der Waals surface area contributed by atoms with Gasteiger partial charge in [-0.25, -0.2) is 9.97 Å². The molecule has 0 bridgehead atoms. The van der Waals surface area contributed by atoms with Gasteiger partial charge in [0.25, 0.3) is 0 Å². The van der Waals surface area contributed by atoms with Crippen LogP contribution in [-0.4, -0.2) is 20.2 Å². The van der Waals surface area contributed by atoms with E-state index in [1.54, 1.807) is 39.8 Å². The lowest BCUT2D eigenvalue weighted by molar-refractivity contribution is 0.0790. The molecule has 0 unspecified atom stereocenters. The van der Waals surface area contributed by atoms with Crippen LogP contribution in [0.25, 0.3) is 45.1 Å². The molecule has 0 radical (unpaired) electrons. The lowest BCUT2D eigenvalue weighted by Crippen LogP contribution is -2.18. The number of hydrogen-bond acceptors (Lipinski definition) is 8. The summed E-state index contributed by atoms with van der Waals surface area (Å²) in [4.78, 5) is 8.86. The van der Waals surface area contributed by atoms with Gasteiger partial charge in [0.1, 0.15) is 11.0 Å². The summed E-state index contributed by atoms with van der Waals surface area (Å²) < 4.78 is 11.6. The largest absolute Gasteiger partial charge is 0.434 e. The normalized spacial score (nSPS) is 12.0. The predicted molar refractivity (Wildman–Crippen MR) is 173 cm³/mol. The first kappa shape index (κ1) is 30.4. The van der Waals surface area contributed by atoms with Gasteiger partial charge in [-0.1, -0.05) is 59.1 Å². The van der Waals surface area contributed by atoms with Crippen LogP contribution in [-0.2, 0) is 11.2 Å². The number of nitrogen functional groups attached to an aromatic ring is 2. The van der Waals surface area contributed by atoms with Crippen LogP contribution in [0.1, 0.15) is 44.4 Å². The van der Waals surface area contributed by atoms with Gasteiger partial charge in [-0.05, 0) is 71.0 Å². The van der Waals surface area contributed by atoms with Gasteiger partial charge in [-0.15, -0.1) is 0 Å². The fourth-order valence-corrected chi connectivity index (χ4v) is 5.81. The molecule has 0 amide bonds. The molecule has 0 atom stereocenters. The zero-order valence-electron chi connectivity index (χ0n) is 24.4. The summed E-state index contributed by atoms with van der Waals surface area (Å²) in [5.74, 6) is 0.948. The monoisotopic (exact) mass is 618 g/mol. The molecular formula is C33H32Cl2N4O4. The third kappa shape index (κ3) is 6.05.